The van der Waals surface area contributed by atoms with Crippen LogP contribution in [0.5, 0.6) is 0 Å². The van der Waals surface area contributed by atoms with Crippen molar-refractivity contribution in [2.24, 2.45) is 10.7 Å². The fourth-order valence-corrected chi connectivity index (χ4v) is 4.54. The Balaban J connectivity index is 1.55. The van der Waals surface area contributed by atoms with E-state index >= 15 is 0 Å². The van der Waals surface area contributed by atoms with Crippen molar-refractivity contribution < 1.29 is 17.9 Å². The smallest absolute Gasteiger partial charge is 0.389 e. The van der Waals surface area contributed by atoms with Gasteiger partial charge in [0.15, 0.2) is 0 Å². The number of hydrogen-bond donors (Lipinski definition) is 1. The SMILES string of the molecule is Cc1nc2cc(C3=CC(/C(C=NC4CC4)=C/N)OCC3)nc(C3(CCC(F)(F)F)CC3)c2nc1C. The van der Waals surface area contributed by atoms with Crippen molar-refractivity contribution in [1.82, 2.24) is 15.0 Å². The van der Waals surface area contributed by atoms with Gasteiger partial charge in [0.2, 0.25) is 0 Å². The van der Waals surface area contributed by atoms with E-state index in [4.69, 9.17) is 25.4 Å². The lowest BCUT2D eigenvalue weighted by Crippen LogP contribution is -2.22. The maximum absolute atomic E-state index is 13.1. The lowest BCUT2D eigenvalue weighted by molar-refractivity contribution is -0.136. The Kier molecular flexibility index (Phi) is 6.15. The van der Waals surface area contributed by atoms with Gasteiger partial charge in [-0.25, -0.2) is 9.97 Å². The van der Waals surface area contributed by atoms with Crippen LogP contribution in [0.4, 0.5) is 13.2 Å². The highest BCUT2D eigenvalue weighted by molar-refractivity contribution is 5.84. The van der Waals surface area contributed by atoms with Gasteiger partial charge in [-0.2, -0.15) is 13.2 Å². The molecule has 186 valence electrons. The summed E-state index contributed by atoms with van der Waals surface area (Å²) in [5.41, 5.74) is 11.2. The van der Waals surface area contributed by atoms with Gasteiger partial charge in [0.1, 0.15) is 11.6 Å². The molecule has 1 atom stereocenters. The Morgan fingerprint density at radius 1 is 1.20 bits per heavy atom. The number of aliphatic imine (C=N–C) groups is 1. The maximum atomic E-state index is 13.1. The van der Waals surface area contributed by atoms with Gasteiger partial charge in [0, 0.05) is 29.8 Å². The summed E-state index contributed by atoms with van der Waals surface area (Å²) in [6.07, 6.45) is 4.10. The van der Waals surface area contributed by atoms with Crippen molar-refractivity contribution in [3.8, 4) is 0 Å². The number of aromatic nitrogens is 3. The molecule has 2 fully saturated rings. The number of aryl methyl sites for hydroxylation is 2. The zero-order valence-electron chi connectivity index (χ0n) is 20.0. The molecule has 0 saturated heterocycles. The highest BCUT2D eigenvalue weighted by Crippen LogP contribution is 2.54. The van der Waals surface area contributed by atoms with Gasteiger partial charge in [0.05, 0.1) is 40.9 Å². The molecule has 2 saturated carbocycles. The zero-order chi connectivity index (χ0) is 24.8. The fourth-order valence-electron chi connectivity index (χ4n) is 4.54. The molecule has 2 aliphatic carbocycles. The number of alkyl halides is 3. The monoisotopic (exact) mass is 485 g/mol. The Morgan fingerprint density at radius 3 is 2.60 bits per heavy atom. The van der Waals surface area contributed by atoms with Crippen LogP contribution in [-0.2, 0) is 10.2 Å². The first-order chi connectivity index (χ1) is 16.7. The number of rotatable bonds is 7. The van der Waals surface area contributed by atoms with Crippen molar-refractivity contribution in [2.75, 3.05) is 6.61 Å². The first-order valence-corrected chi connectivity index (χ1v) is 12.2. The minimum atomic E-state index is -4.20. The number of pyridine rings is 1. The van der Waals surface area contributed by atoms with E-state index in [1.165, 1.54) is 6.20 Å². The largest absolute Gasteiger partial charge is 0.404 e. The number of halogens is 3. The van der Waals surface area contributed by atoms with Gasteiger partial charge in [-0.3, -0.25) is 9.98 Å². The normalized spacial score (nSPS) is 22.6. The zero-order valence-corrected chi connectivity index (χ0v) is 20.0. The first-order valence-electron chi connectivity index (χ1n) is 12.2. The van der Waals surface area contributed by atoms with E-state index in [9.17, 15) is 13.2 Å². The van der Waals surface area contributed by atoms with Gasteiger partial charge in [-0.1, -0.05) is 0 Å². The number of nitrogens with two attached hydrogens (primary N) is 1. The summed E-state index contributed by atoms with van der Waals surface area (Å²) in [6.45, 7) is 4.24. The van der Waals surface area contributed by atoms with E-state index in [1.54, 1.807) is 6.21 Å². The summed E-state index contributed by atoms with van der Waals surface area (Å²) in [5, 5.41) is 0. The Morgan fingerprint density at radius 2 is 1.94 bits per heavy atom. The molecule has 2 aromatic heterocycles. The van der Waals surface area contributed by atoms with Gasteiger partial charge in [-0.05, 0) is 70.1 Å². The molecule has 0 bridgehead atoms. The summed E-state index contributed by atoms with van der Waals surface area (Å²) < 4.78 is 45.3. The van der Waals surface area contributed by atoms with Crippen LogP contribution in [0.15, 0.2) is 28.9 Å². The van der Waals surface area contributed by atoms with E-state index in [2.05, 4.69) is 4.99 Å². The molecule has 0 radical (unpaired) electrons. The highest BCUT2D eigenvalue weighted by atomic mass is 19.4. The van der Waals surface area contributed by atoms with Gasteiger partial charge in [-0.15, -0.1) is 0 Å². The van der Waals surface area contributed by atoms with E-state index in [1.807, 2.05) is 26.0 Å². The van der Waals surface area contributed by atoms with Crippen LogP contribution in [0.1, 0.15) is 67.7 Å². The molecular formula is C26H30F3N5O. The minimum Gasteiger partial charge on any atom is -0.404 e. The van der Waals surface area contributed by atoms with Gasteiger partial charge >= 0.3 is 6.18 Å². The molecule has 5 rings (SSSR count). The van der Waals surface area contributed by atoms with E-state index in [0.29, 0.717) is 54.3 Å². The average Bonchev–Trinajstić information content (AvgIpc) is 3.74. The predicted molar refractivity (Wildman–Crippen MR) is 129 cm³/mol. The molecule has 35 heavy (non-hydrogen) atoms. The third-order valence-electron chi connectivity index (χ3n) is 7.16. The molecule has 0 spiro atoms. The minimum absolute atomic E-state index is 0.0130. The number of nitrogens with zero attached hydrogens (tertiary/aromatic N) is 4. The van der Waals surface area contributed by atoms with Crippen molar-refractivity contribution >= 4 is 22.8 Å². The second-order valence-corrected chi connectivity index (χ2v) is 9.92. The Labute approximate surface area is 202 Å². The van der Waals surface area contributed by atoms with Crippen molar-refractivity contribution in [1.29, 1.82) is 0 Å². The lowest BCUT2D eigenvalue weighted by atomic mass is 9.92. The van der Waals surface area contributed by atoms with Crippen molar-refractivity contribution in [3.63, 3.8) is 0 Å². The first kappa shape index (κ1) is 23.9. The quantitative estimate of drug-likeness (QED) is 0.541. The van der Waals surface area contributed by atoms with Crippen LogP contribution in [0, 0.1) is 13.8 Å². The molecule has 3 heterocycles. The number of fused-ring (bicyclic) bond motifs is 1. The molecule has 6 nitrogen and oxygen atoms in total. The molecule has 1 unspecified atom stereocenters. The van der Waals surface area contributed by atoms with Crippen LogP contribution in [-0.4, -0.2) is 46.1 Å². The second kappa shape index (κ2) is 9.00. The molecule has 2 aromatic rings. The van der Waals surface area contributed by atoms with Crippen LogP contribution in [0.25, 0.3) is 16.6 Å². The fraction of sp³-hybridized carbons (Fsp3) is 0.538. The molecule has 2 N–H and O–H groups in total. The maximum Gasteiger partial charge on any atom is 0.389 e. The molecule has 0 amide bonds. The Bertz CT molecular complexity index is 1230. The molecule has 9 heteroatoms. The topological polar surface area (TPSA) is 86.3 Å². The summed E-state index contributed by atoms with van der Waals surface area (Å²) in [7, 11) is 0. The summed E-state index contributed by atoms with van der Waals surface area (Å²) in [5.74, 6) is 0. The number of ether oxygens (including phenoxy) is 1. The van der Waals surface area contributed by atoms with Crippen LogP contribution < -0.4 is 5.73 Å². The number of hydrogen-bond acceptors (Lipinski definition) is 6. The van der Waals surface area contributed by atoms with Crippen molar-refractivity contribution in [2.45, 2.75) is 82.5 Å². The molecule has 1 aliphatic heterocycles. The highest BCUT2D eigenvalue weighted by Gasteiger charge is 2.49. The van der Waals surface area contributed by atoms with Crippen LogP contribution >= 0.6 is 0 Å². The van der Waals surface area contributed by atoms with Crippen molar-refractivity contribution in [3.05, 3.63) is 46.7 Å². The van der Waals surface area contributed by atoms with E-state index in [-0.39, 0.29) is 12.5 Å². The summed E-state index contributed by atoms with van der Waals surface area (Å²) >= 11 is 0. The van der Waals surface area contributed by atoms with Gasteiger partial charge in [0.25, 0.3) is 0 Å². The van der Waals surface area contributed by atoms with E-state index < -0.39 is 18.0 Å². The van der Waals surface area contributed by atoms with Crippen LogP contribution in [0.3, 0.4) is 0 Å². The predicted octanol–water partition coefficient (Wildman–Crippen LogP) is 5.26. The second-order valence-electron chi connectivity index (χ2n) is 9.92. The standard InChI is InChI=1S/C26H30F3N5O/c1-15-16(2)33-23-21(32-15)12-20(34-24(23)25(6-7-25)8-9-26(27,28)29)17-5-10-35-22(11-17)18(13-30)14-31-19-3-4-19/h11-14,19,22H,3-10,30H2,1-2H3/b18-13+,31-14?. The molecule has 0 aromatic carbocycles. The average molecular weight is 486 g/mol. The third kappa shape index (κ3) is 5.24. The molecular weight excluding hydrogens is 455 g/mol. The van der Waals surface area contributed by atoms with Crippen LogP contribution in [0.2, 0.25) is 0 Å². The van der Waals surface area contributed by atoms with E-state index in [0.717, 1.165) is 35.4 Å². The molecule has 3 aliphatic rings. The van der Waals surface area contributed by atoms with Gasteiger partial charge < -0.3 is 10.5 Å². The summed E-state index contributed by atoms with van der Waals surface area (Å²) in [6, 6.07) is 2.27. The lowest BCUT2D eigenvalue weighted by Gasteiger charge is -2.24. The Hall–Kier alpha value is -2.81. The third-order valence-corrected chi connectivity index (χ3v) is 7.16. The summed E-state index contributed by atoms with van der Waals surface area (Å²) in [4.78, 5) is 18.9.